The highest BCUT2D eigenvalue weighted by atomic mass is 32.1. The number of carbonyl (C=O) groups is 1. The van der Waals surface area contributed by atoms with Gasteiger partial charge < -0.3 is 5.32 Å². The molecule has 0 aliphatic carbocycles. The van der Waals surface area contributed by atoms with Gasteiger partial charge in [-0.15, -0.1) is 5.10 Å². The number of hydrogen-bond acceptors (Lipinski definition) is 4. The zero-order chi connectivity index (χ0) is 11.5. The van der Waals surface area contributed by atoms with Crippen LogP contribution in [0, 0.1) is 13.8 Å². The lowest BCUT2D eigenvalue weighted by molar-refractivity contribution is 0.103. The quantitative estimate of drug-likeness (QED) is 0.866. The van der Waals surface area contributed by atoms with Crippen molar-refractivity contribution in [2.24, 2.45) is 0 Å². The monoisotopic (exact) mass is 233 g/mol. The Labute approximate surface area is 97.5 Å². The summed E-state index contributed by atoms with van der Waals surface area (Å²) in [5.41, 5.74) is 3.05. The Morgan fingerprint density at radius 3 is 2.81 bits per heavy atom. The van der Waals surface area contributed by atoms with Crippen LogP contribution in [0.2, 0.25) is 0 Å². The zero-order valence-electron chi connectivity index (χ0n) is 9.02. The predicted octanol–water partition coefficient (Wildman–Crippen LogP) is 2.41. The van der Waals surface area contributed by atoms with Crippen molar-refractivity contribution in [2.45, 2.75) is 13.8 Å². The summed E-state index contributed by atoms with van der Waals surface area (Å²) in [6.45, 7) is 3.99. The fraction of sp³-hybridized carbons (Fsp3) is 0.182. The first-order valence-corrected chi connectivity index (χ1v) is 5.60. The Balaban J connectivity index is 2.18. The van der Waals surface area contributed by atoms with Crippen molar-refractivity contribution in [1.82, 2.24) is 9.59 Å². The maximum atomic E-state index is 11.7. The van der Waals surface area contributed by atoms with Crippen LogP contribution < -0.4 is 5.32 Å². The normalized spacial score (nSPS) is 10.1. The van der Waals surface area contributed by atoms with E-state index in [0.29, 0.717) is 4.88 Å². The summed E-state index contributed by atoms with van der Waals surface area (Å²) < 4.78 is 3.65. The minimum atomic E-state index is -0.165. The summed E-state index contributed by atoms with van der Waals surface area (Å²) in [4.78, 5) is 12.2. The molecule has 82 valence electrons. The van der Waals surface area contributed by atoms with Gasteiger partial charge in [0.15, 0.2) is 0 Å². The molecule has 0 radical (unpaired) electrons. The van der Waals surface area contributed by atoms with Crippen LogP contribution in [-0.4, -0.2) is 15.5 Å². The third kappa shape index (κ3) is 2.25. The molecule has 0 atom stereocenters. The van der Waals surface area contributed by atoms with Crippen LogP contribution in [0.4, 0.5) is 5.69 Å². The molecule has 1 aromatic heterocycles. The Morgan fingerprint density at radius 1 is 1.38 bits per heavy atom. The van der Waals surface area contributed by atoms with Gasteiger partial charge in [0.25, 0.3) is 5.91 Å². The largest absolute Gasteiger partial charge is 0.321 e. The summed E-state index contributed by atoms with van der Waals surface area (Å²) >= 11 is 1.09. The van der Waals surface area contributed by atoms with Crippen molar-refractivity contribution in [3.8, 4) is 0 Å². The molecule has 0 aliphatic heterocycles. The van der Waals surface area contributed by atoms with E-state index in [4.69, 9.17) is 0 Å². The molecular weight excluding hydrogens is 222 g/mol. The molecule has 5 heteroatoms. The number of hydrogen-bond donors (Lipinski definition) is 1. The number of rotatable bonds is 2. The summed E-state index contributed by atoms with van der Waals surface area (Å²) in [7, 11) is 0. The third-order valence-corrected chi connectivity index (χ3v) is 2.88. The molecule has 1 amide bonds. The molecule has 1 heterocycles. The molecule has 0 unspecified atom stereocenters. The third-order valence-electron chi connectivity index (χ3n) is 2.22. The van der Waals surface area contributed by atoms with Crippen LogP contribution in [0.3, 0.4) is 0 Å². The highest BCUT2D eigenvalue weighted by molar-refractivity contribution is 7.07. The van der Waals surface area contributed by atoms with Gasteiger partial charge in [-0.05, 0) is 37.0 Å². The Kier molecular flexibility index (Phi) is 2.96. The first kappa shape index (κ1) is 10.8. The lowest BCUT2D eigenvalue weighted by Gasteiger charge is -2.07. The molecule has 1 N–H and O–H groups in total. The van der Waals surface area contributed by atoms with Crippen molar-refractivity contribution >= 4 is 23.1 Å². The van der Waals surface area contributed by atoms with Crippen molar-refractivity contribution in [3.63, 3.8) is 0 Å². The van der Waals surface area contributed by atoms with E-state index in [1.807, 2.05) is 32.0 Å². The molecule has 0 spiro atoms. The Bertz CT molecular complexity index is 508. The Morgan fingerprint density at radius 2 is 2.19 bits per heavy atom. The summed E-state index contributed by atoms with van der Waals surface area (Å²) in [5, 5.41) is 6.46. The molecule has 16 heavy (non-hydrogen) atoms. The van der Waals surface area contributed by atoms with E-state index in [2.05, 4.69) is 14.9 Å². The number of aryl methyl sites for hydroxylation is 2. The molecule has 0 saturated heterocycles. The smallest absolute Gasteiger partial charge is 0.269 e. The van der Waals surface area contributed by atoms with Gasteiger partial charge in [0.05, 0.1) is 6.20 Å². The van der Waals surface area contributed by atoms with Crippen LogP contribution >= 0.6 is 11.5 Å². The zero-order valence-corrected chi connectivity index (χ0v) is 9.84. The first-order valence-electron chi connectivity index (χ1n) is 4.83. The summed E-state index contributed by atoms with van der Waals surface area (Å²) in [6, 6.07) is 5.89. The molecule has 0 bridgehead atoms. The Hall–Kier alpha value is -1.75. The number of benzene rings is 1. The molecular formula is C11H11N3OS. The van der Waals surface area contributed by atoms with Gasteiger partial charge in [-0.2, -0.15) is 0 Å². The second kappa shape index (κ2) is 4.40. The summed E-state index contributed by atoms with van der Waals surface area (Å²) in [5.74, 6) is -0.165. The maximum Gasteiger partial charge on any atom is 0.269 e. The topological polar surface area (TPSA) is 54.9 Å². The average Bonchev–Trinajstić information content (AvgIpc) is 2.75. The molecule has 1 aromatic carbocycles. The second-order valence-corrected chi connectivity index (χ2v) is 4.34. The van der Waals surface area contributed by atoms with Crippen molar-refractivity contribution in [2.75, 3.05) is 5.32 Å². The second-order valence-electron chi connectivity index (χ2n) is 3.55. The first-order chi connectivity index (χ1) is 7.66. The number of nitrogens with zero attached hydrogens (tertiary/aromatic N) is 2. The van der Waals surface area contributed by atoms with Gasteiger partial charge >= 0.3 is 0 Å². The van der Waals surface area contributed by atoms with E-state index in [9.17, 15) is 4.79 Å². The van der Waals surface area contributed by atoms with E-state index in [1.54, 1.807) is 0 Å². The predicted molar refractivity (Wildman–Crippen MR) is 63.8 cm³/mol. The molecule has 2 rings (SSSR count). The number of nitrogens with one attached hydrogen (secondary N) is 1. The van der Waals surface area contributed by atoms with E-state index >= 15 is 0 Å². The van der Waals surface area contributed by atoms with Gasteiger partial charge in [0, 0.05) is 5.69 Å². The lowest BCUT2D eigenvalue weighted by Crippen LogP contribution is -2.11. The minimum absolute atomic E-state index is 0.165. The highest BCUT2D eigenvalue weighted by Crippen LogP contribution is 2.17. The van der Waals surface area contributed by atoms with Crippen molar-refractivity contribution in [1.29, 1.82) is 0 Å². The fourth-order valence-corrected chi connectivity index (χ4v) is 1.82. The molecule has 2 aromatic rings. The lowest BCUT2D eigenvalue weighted by atomic mass is 10.1. The number of aromatic nitrogens is 2. The molecule has 4 nitrogen and oxygen atoms in total. The van der Waals surface area contributed by atoms with E-state index < -0.39 is 0 Å². The minimum Gasteiger partial charge on any atom is -0.321 e. The standard InChI is InChI=1S/C11H11N3OS/c1-7-3-4-9(8(2)5-7)13-11(15)10-6-12-14-16-10/h3-6H,1-2H3,(H,13,15). The van der Waals surface area contributed by atoms with Crippen LogP contribution in [-0.2, 0) is 0 Å². The fourth-order valence-electron chi connectivity index (χ4n) is 1.40. The van der Waals surface area contributed by atoms with E-state index in [-0.39, 0.29) is 5.91 Å². The highest BCUT2D eigenvalue weighted by Gasteiger charge is 2.09. The van der Waals surface area contributed by atoms with Crippen LogP contribution in [0.1, 0.15) is 20.8 Å². The molecule has 0 saturated carbocycles. The van der Waals surface area contributed by atoms with Gasteiger partial charge in [-0.1, -0.05) is 22.2 Å². The number of anilines is 1. The van der Waals surface area contributed by atoms with Crippen LogP contribution in [0.25, 0.3) is 0 Å². The van der Waals surface area contributed by atoms with Crippen LogP contribution in [0.5, 0.6) is 0 Å². The van der Waals surface area contributed by atoms with Gasteiger partial charge in [0.2, 0.25) is 0 Å². The molecule has 0 aliphatic rings. The van der Waals surface area contributed by atoms with Gasteiger partial charge in [-0.25, -0.2) is 0 Å². The van der Waals surface area contributed by atoms with Crippen molar-refractivity contribution in [3.05, 3.63) is 40.4 Å². The average molecular weight is 233 g/mol. The summed E-state index contributed by atoms with van der Waals surface area (Å²) in [6.07, 6.45) is 1.46. The van der Waals surface area contributed by atoms with Gasteiger partial charge in [0.1, 0.15) is 4.88 Å². The number of amides is 1. The SMILES string of the molecule is Cc1ccc(NC(=O)c2cnns2)c(C)c1. The van der Waals surface area contributed by atoms with E-state index in [0.717, 1.165) is 22.8 Å². The van der Waals surface area contributed by atoms with Crippen LogP contribution in [0.15, 0.2) is 24.4 Å². The maximum absolute atomic E-state index is 11.7. The van der Waals surface area contributed by atoms with Crippen molar-refractivity contribution < 1.29 is 4.79 Å². The van der Waals surface area contributed by atoms with Gasteiger partial charge in [-0.3, -0.25) is 4.79 Å². The van der Waals surface area contributed by atoms with E-state index in [1.165, 1.54) is 11.8 Å². The molecule has 0 fully saturated rings. The number of carbonyl (C=O) groups excluding carboxylic acids is 1.